The summed E-state index contributed by atoms with van der Waals surface area (Å²) in [6.45, 7) is 7.74. The SMILES string of the molecule is Cc1ccccc1C(C)NC(=O)C(C)C(C)N.Cl. The van der Waals surface area contributed by atoms with Crippen LogP contribution < -0.4 is 11.1 Å². The van der Waals surface area contributed by atoms with Crippen molar-refractivity contribution in [2.24, 2.45) is 11.7 Å². The molecule has 1 rings (SSSR count). The van der Waals surface area contributed by atoms with E-state index in [2.05, 4.69) is 5.32 Å². The fraction of sp³-hybridized carbons (Fsp3) is 0.500. The van der Waals surface area contributed by atoms with E-state index in [-0.39, 0.29) is 36.3 Å². The van der Waals surface area contributed by atoms with Crippen LogP contribution in [0.2, 0.25) is 0 Å². The van der Waals surface area contributed by atoms with Crippen LogP contribution in [0, 0.1) is 12.8 Å². The minimum absolute atomic E-state index is 0. The Morgan fingerprint density at radius 3 is 2.28 bits per heavy atom. The van der Waals surface area contributed by atoms with Crippen molar-refractivity contribution in [1.82, 2.24) is 5.32 Å². The summed E-state index contributed by atoms with van der Waals surface area (Å²) in [5.41, 5.74) is 8.06. The molecule has 0 spiro atoms. The molecule has 0 heterocycles. The predicted molar refractivity (Wildman–Crippen MR) is 77.8 cm³/mol. The topological polar surface area (TPSA) is 55.1 Å². The molecule has 3 nitrogen and oxygen atoms in total. The third kappa shape index (κ3) is 4.31. The largest absolute Gasteiger partial charge is 0.349 e. The molecular formula is C14H23ClN2O. The van der Waals surface area contributed by atoms with Crippen molar-refractivity contribution in [3.05, 3.63) is 35.4 Å². The van der Waals surface area contributed by atoms with Crippen LogP contribution in [-0.4, -0.2) is 11.9 Å². The fourth-order valence-electron chi connectivity index (χ4n) is 1.73. The number of hydrogen-bond acceptors (Lipinski definition) is 2. The minimum atomic E-state index is -0.165. The highest BCUT2D eigenvalue weighted by molar-refractivity contribution is 5.85. The van der Waals surface area contributed by atoms with Gasteiger partial charge in [0.2, 0.25) is 5.91 Å². The number of carbonyl (C=O) groups is 1. The van der Waals surface area contributed by atoms with Crippen molar-refractivity contribution in [3.63, 3.8) is 0 Å². The highest BCUT2D eigenvalue weighted by Gasteiger charge is 2.19. The monoisotopic (exact) mass is 270 g/mol. The first-order valence-electron chi connectivity index (χ1n) is 6.05. The van der Waals surface area contributed by atoms with E-state index < -0.39 is 0 Å². The number of halogens is 1. The Morgan fingerprint density at radius 2 is 1.78 bits per heavy atom. The summed E-state index contributed by atoms with van der Waals surface area (Å²) < 4.78 is 0. The Labute approximate surface area is 116 Å². The van der Waals surface area contributed by atoms with Crippen molar-refractivity contribution in [3.8, 4) is 0 Å². The Hall–Kier alpha value is -1.06. The predicted octanol–water partition coefficient (Wildman–Crippen LogP) is 2.58. The summed E-state index contributed by atoms with van der Waals surface area (Å²) in [6, 6.07) is 7.96. The molecule has 1 aromatic carbocycles. The van der Waals surface area contributed by atoms with Gasteiger partial charge < -0.3 is 11.1 Å². The number of rotatable bonds is 4. The van der Waals surface area contributed by atoms with E-state index in [1.807, 2.05) is 52.0 Å². The van der Waals surface area contributed by atoms with Gasteiger partial charge in [-0.2, -0.15) is 0 Å². The highest BCUT2D eigenvalue weighted by atomic mass is 35.5. The van der Waals surface area contributed by atoms with E-state index in [9.17, 15) is 4.79 Å². The molecule has 0 bridgehead atoms. The first kappa shape index (κ1) is 16.9. The standard InChI is InChI=1S/C14H22N2O.ClH/c1-9-7-5-6-8-13(9)12(4)16-14(17)10(2)11(3)15;/h5-8,10-12H,15H2,1-4H3,(H,16,17);1H. The molecule has 3 N–H and O–H groups in total. The van der Waals surface area contributed by atoms with Crippen LogP contribution in [0.4, 0.5) is 0 Å². The maximum atomic E-state index is 11.9. The Bertz CT molecular complexity index is 393. The zero-order chi connectivity index (χ0) is 13.0. The van der Waals surface area contributed by atoms with E-state index in [4.69, 9.17) is 5.73 Å². The quantitative estimate of drug-likeness (QED) is 0.884. The molecule has 0 aromatic heterocycles. The summed E-state index contributed by atoms with van der Waals surface area (Å²) in [5, 5.41) is 3.00. The average molecular weight is 271 g/mol. The second kappa shape index (κ2) is 7.39. The lowest BCUT2D eigenvalue weighted by Gasteiger charge is -2.21. The van der Waals surface area contributed by atoms with Gasteiger partial charge in [-0.3, -0.25) is 4.79 Å². The minimum Gasteiger partial charge on any atom is -0.349 e. The Kier molecular flexibility index (Phi) is 6.96. The summed E-state index contributed by atoms with van der Waals surface area (Å²) in [7, 11) is 0. The fourth-order valence-corrected chi connectivity index (χ4v) is 1.73. The Balaban J connectivity index is 0.00000289. The van der Waals surface area contributed by atoms with Crippen LogP contribution in [0.5, 0.6) is 0 Å². The van der Waals surface area contributed by atoms with Gasteiger partial charge in [0, 0.05) is 12.0 Å². The summed E-state index contributed by atoms with van der Waals surface area (Å²) >= 11 is 0. The summed E-state index contributed by atoms with van der Waals surface area (Å²) in [5.74, 6) is -0.155. The van der Waals surface area contributed by atoms with Crippen molar-refractivity contribution in [2.45, 2.75) is 39.8 Å². The van der Waals surface area contributed by atoms with Gasteiger partial charge in [0.15, 0.2) is 0 Å². The van der Waals surface area contributed by atoms with Crippen molar-refractivity contribution < 1.29 is 4.79 Å². The van der Waals surface area contributed by atoms with Gasteiger partial charge in [-0.15, -0.1) is 12.4 Å². The molecule has 0 fully saturated rings. The molecule has 1 amide bonds. The van der Waals surface area contributed by atoms with Crippen LogP contribution in [0.3, 0.4) is 0 Å². The van der Waals surface area contributed by atoms with E-state index in [1.54, 1.807) is 0 Å². The normalized spacial score (nSPS) is 15.2. The molecule has 0 saturated heterocycles. The number of nitrogens with two attached hydrogens (primary N) is 1. The maximum absolute atomic E-state index is 11.9. The Morgan fingerprint density at radius 1 is 1.22 bits per heavy atom. The first-order chi connectivity index (χ1) is 7.93. The number of benzene rings is 1. The number of hydrogen-bond donors (Lipinski definition) is 2. The van der Waals surface area contributed by atoms with Gasteiger partial charge in [-0.1, -0.05) is 31.2 Å². The molecule has 0 aliphatic carbocycles. The van der Waals surface area contributed by atoms with Crippen molar-refractivity contribution >= 4 is 18.3 Å². The van der Waals surface area contributed by atoms with Gasteiger partial charge in [-0.05, 0) is 31.9 Å². The van der Waals surface area contributed by atoms with Crippen LogP contribution in [-0.2, 0) is 4.79 Å². The molecule has 102 valence electrons. The zero-order valence-electron chi connectivity index (χ0n) is 11.4. The molecule has 4 heteroatoms. The molecule has 18 heavy (non-hydrogen) atoms. The van der Waals surface area contributed by atoms with Crippen LogP contribution in [0.15, 0.2) is 24.3 Å². The van der Waals surface area contributed by atoms with Gasteiger partial charge in [0.1, 0.15) is 0 Å². The number of amides is 1. The molecule has 0 aliphatic heterocycles. The van der Waals surface area contributed by atoms with E-state index in [0.717, 1.165) is 5.56 Å². The van der Waals surface area contributed by atoms with Gasteiger partial charge in [0.25, 0.3) is 0 Å². The number of carbonyl (C=O) groups excluding carboxylic acids is 1. The summed E-state index contributed by atoms with van der Waals surface area (Å²) in [6.07, 6.45) is 0. The second-order valence-corrected chi connectivity index (χ2v) is 4.73. The van der Waals surface area contributed by atoms with E-state index in [0.29, 0.717) is 0 Å². The summed E-state index contributed by atoms with van der Waals surface area (Å²) in [4.78, 5) is 11.9. The first-order valence-corrected chi connectivity index (χ1v) is 6.05. The lowest BCUT2D eigenvalue weighted by molar-refractivity contribution is -0.125. The third-order valence-electron chi connectivity index (χ3n) is 3.22. The molecule has 0 saturated carbocycles. The lowest BCUT2D eigenvalue weighted by Crippen LogP contribution is -2.39. The highest BCUT2D eigenvalue weighted by Crippen LogP contribution is 2.17. The zero-order valence-corrected chi connectivity index (χ0v) is 12.3. The van der Waals surface area contributed by atoms with Crippen LogP contribution >= 0.6 is 12.4 Å². The molecule has 1 aromatic rings. The molecule has 3 unspecified atom stereocenters. The number of nitrogens with one attached hydrogen (secondary N) is 1. The smallest absolute Gasteiger partial charge is 0.224 e. The van der Waals surface area contributed by atoms with Crippen molar-refractivity contribution in [1.29, 1.82) is 0 Å². The lowest BCUT2D eigenvalue weighted by atomic mass is 10.00. The molecular weight excluding hydrogens is 248 g/mol. The average Bonchev–Trinajstić information content (AvgIpc) is 2.28. The van der Waals surface area contributed by atoms with Gasteiger partial charge in [-0.25, -0.2) is 0 Å². The number of aryl methyl sites for hydroxylation is 1. The van der Waals surface area contributed by atoms with Crippen LogP contribution in [0.1, 0.15) is 37.9 Å². The molecule has 3 atom stereocenters. The maximum Gasteiger partial charge on any atom is 0.224 e. The van der Waals surface area contributed by atoms with Crippen LogP contribution in [0.25, 0.3) is 0 Å². The van der Waals surface area contributed by atoms with Crippen molar-refractivity contribution in [2.75, 3.05) is 0 Å². The second-order valence-electron chi connectivity index (χ2n) is 4.73. The van der Waals surface area contributed by atoms with Gasteiger partial charge in [0.05, 0.1) is 6.04 Å². The van der Waals surface area contributed by atoms with Gasteiger partial charge >= 0.3 is 0 Å². The molecule has 0 aliphatic rings. The van der Waals surface area contributed by atoms with E-state index in [1.165, 1.54) is 5.56 Å². The van der Waals surface area contributed by atoms with E-state index >= 15 is 0 Å². The third-order valence-corrected chi connectivity index (χ3v) is 3.22. The molecule has 0 radical (unpaired) electrons.